The topological polar surface area (TPSA) is 122 Å². The summed E-state index contributed by atoms with van der Waals surface area (Å²) in [5.74, 6) is 1.72. The Kier molecular flexibility index (Phi) is 7.52. The van der Waals surface area contributed by atoms with Crippen LogP contribution in [0.2, 0.25) is 10.6 Å². The average Bonchev–Trinajstić information content (AvgIpc) is 3.57. The number of H-pyrrole nitrogens is 2. The molecule has 38 heavy (non-hydrogen) atoms. The predicted octanol–water partition coefficient (Wildman–Crippen LogP) is 2.96. The number of hydrogen-bond acceptors (Lipinski definition) is 10. The standard InChI is InChI=1S/2C12H15ClN6/c2*1-18(2)10-5-14-12(13)17-11(10)19-4-3-8-9(6-19)16-7-15-8/h2*5,7H,3-4,6H2,1-2H3,(H,15,16). The highest BCUT2D eigenvalue weighted by Gasteiger charge is 2.24. The monoisotopic (exact) mass is 556 g/mol. The van der Waals surface area contributed by atoms with Gasteiger partial charge in [0.2, 0.25) is 10.6 Å². The van der Waals surface area contributed by atoms with E-state index in [0.29, 0.717) is 0 Å². The molecule has 4 aromatic rings. The molecule has 0 unspecified atom stereocenters. The minimum absolute atomic E-state index is 0.272. The number of aromatic nitrogens is 8. The zero-order chi connectivity index (χ0) is 26.8. The van der Waals surface area contributed by atoms with Crippen LogP contribution >= 0.6 is 23.2 Å². The molecule has 0 amide bonds. The second-order valence-electron chi connectivity index (χ2n) is 9.48. The summed E-state index contributed by atoms with van der Waals surface area (Å²) in [7, 11) is 7.89. The van der Waals surface area contributed by atoms with Crippen molar-refractivity contribution in [3.05, 3.63) is 58.4 Å². The van der Waals surface area contributed by atoms with Crippen LogP contribution in [0.1, 0.15) is 22.8 Å². The Morgan fingerprint density at radius 3 is 1.50 bits per heavy atom. The number of nitrogens with one attached hydrogen (secondary N) is 2. The zero-order valence-electron chi connectivity index (χ0n) is 21.8. The van der Waals surface area contributed by atoms with Gasteiger partial charge in [-0.15, -0.1) is 0 Å². The van der Waals surface area contributed by atoms with Gasteiger partial charge in [-0.25, -0.2) is 19.9 Å². The van der Waals surface area contributed by atoms with E-state index in [2.05, 4.69) is 49.7 Å². The van der Waals surface area contributed by atoms with Crippen LogP contribution in [0.15, 0.2) is 25.0 Å². The zero-order valence-corrected chi connectivity index (χ0v) is 23.3. The minimum atomic E-state index is 0.272. The van der Waals surface area contributed by atoms with Gasteiger partial charge in [0, 0.05) is 65.5 Å². The molecule has 0 radical (unpaired) electrons. The number of nitrogens with zero attached hydrogens (tertiary/aromatic N) is 10. The molecule has 0 aliphatic carbocycles. The summed E-state index contributed by atoms with van der Waals surface area (Å²) < 4.78 is 0. The number of hydrogen-bond donors (Lipinski definition) is 2. The van der Waals surface area contributed by atoms with Crippen molar-refractivity contribution < 1.29 is 0 Å². The van der Waals surface area contributed by atoms with Crippen molar-refractivity contribution in [1.29, 1.82) is 0 Å². The first-order valence-electron chi connectivity index (χ1n) is 12.2. The maximum atomic E-state index is 5.93. The second kappa shape index (κ2) is 11.0. The quantitative estimate of drug-likeness (QED) is 0.362. The fourth-order valence-electron chi connectivity index (χ4n) is 4.57. The van der Waals surface area contributed by atoms with Crippen LogP contribution in [-0.4, -0.2) is 81.2 Å². The summed E-state index contributed by atoms with van der Waals surface area (Å²) >= 11 is 11.9. The van der Waals surface area contributed by atoms with Gasteiger partial charge in [0.05, 0.1) is 60.9 Å². The molecule has 2 N–H and O–H groups in total. The summed E-state index contributed by atoms with van der Waals surface area (Å²) in [5, 5.41) is 0.543. The first-order valence-corrected chi connectivity index (χ1v) is 13.0. The predicted molar refractivity (Wildman–Crippen MR) is 149 cm³/mol. The molecule has 2 aliphatic heterocycles. The first-order chi connectivity index (χ1) is 18.3. The van der Waals surface area contributed by atoms with E-state index >= 15 is 0 Å². The second-order valence-corrected chi connectivity index (χ2v) is 10.2. The molecule has 6 rings (SSSR count). The van der Waals surface area contributed by atoms with Gasteiger partial charge in [-0.1, -0.05) is 0 Å². The largest absolute Gasteiger partial charge is 0.373 e. The third-order valence-electron chi connectivity index (χ3n) is 6.56. The average molecular weight is 557 g/mol. The van der Waals surface area contributed by atoms with Gasteiger partial charge >= 0.3 is 0 Å². The van der Waals surface area contributed by atoms with Crippen molar-refractivity contribution in [3.8, 4) is 0 Å². The molecule has 0 spiro atoms. The fraction of sp³-hybridized carbons (Fsp3) is 0.417. The van der Waals surface area contributed by atoms with E-state index in [4.69, 9.17) is 23.2 Å². The van der Waals surface area contributed by atoms with E-state index in [1.165, 1.54) is 11.4 Å². The summed E-state index contributed by atoms with van der Waals surface area (Å²) in [6.45, 7) is 3.27. The van der Waals surface area contributed by atoms with Crippen LogP contribution in [0.4, 0.5) is 23.0 Å². The van der Waals surface area contributed by atoms with Gasteiger partial charge < -0.3 is 29.6 Å². The number of rotatable bonds is 4. The molecule has 6 heterocycles. The lowest BCUT2D eigenvalue weighted by Crippen LogP contribution is -2.32. The molecule has 0 aromatic carbocycles. The summed E-state index contributed by atoms with van der Waals surface area (Å²) in [6, 6.07) is 0. The van der Waals surface area contributed by atoms with Crippen LogP contribution < -0.4 is 19.6 Å². The van der Waals surface area contributed by atoms with Crippen molar-refractivity contribution >= 4 is 46.2 Å². The van der Waals surface area contributed by atoms with Crippen LogP contribution in [0.3, 0.4) is 0 Å². The molecule has 0 saturated heterocycles. The van der Waals surface area contributed by atoms with Crippen molar-refractivity contribution in [2.45, 2.75) is 25.9 Å². The first kappa shape index (κ1) is 26.0. The van der Waals surface area contributed by atoms with Gasteiger partial charge in [0.15, 0.2) is 11.6 Å². The molecule has 12 nitrogen and oxygen atoms in total. The lowest BCUT2D eigenvalue weighted by atomic mass is 10.1. The Hall–Kier alpha value is -3.64. The van der Waals surface area contributed by atoms with Gasteiger partial charge in [-0.05, 0) is 23.2 Å². The number of fused-ring (bicyclic) bond motifs is 2. The molecule has 0 saturated carbocycles. The normalized spacial score (nSPS) is 14.4. The van der Waals surface area contributed by atoms with Gasteiger partial charge in [-0.2, -0.15) is 9.97 Å². The summed E-state index contributed by atoms with van der Waals surface area (Å²) in [4.78, 5) is 40.2. The van der Waals surface area contributed by atoms with Crippen molar-refractivity contribution in [2.75, 3.05) is 60.9 Å². The Labute approximate surface area is 231 Å². The molecule has 4 aromatic heterocycles. The third kappa shape index (κ3) is 5.46. The van der Waals surface area contributed by atoms with E-state index in [-0.39, 0.29) is 10.6 Å². The fourth-order valence-corrected chi connectivity index (χ4v) is 4.82. The molecule has 2 aliphatic rings. The third-order valence-corrected chi connectivity index (χ3v) is 6.93. The van der Waals surface area contributed by atoms with E-state index in [1.807, 2.05) is 38.0 Å². The molecule has 0 atom stereocenters. The summed E-state index contributed by atoms with van der Waals surface area (Å²) in [5.41, 5.74) is 6.49. The highest BCUT2D eigenvalue weighted by atomic mass is 35.5. The molecular formula is C24H30Cl2N12. The maximum absolute atomic E-state index is 5.93. The molecule has 14 heteroatoms. The number of anilines is 4. The Balaban J connectivity index is 0.000000155. The highest BCUT2D eigenvalue weighted by molar-refractivity contribution is 6.28. The molecular weight excluding hydrogens is 527 g/mol. The van der Waals surface area contributed by atoms with Crippen molar-refractivity contribution in [2.24, 2.45) is 0 Å². The number of aromatic amines is 2. The Morgan fingerprint density at radius 2 is 1.11 bits per heavy atom. The van der Waals surface area contributed by atoms with Crippen LogP contribution in [0, 0.1) is 0 Å². The maximum Gasteiger partial charge on any atom is 0.224 e. The molecule has 0 bridgehead atoms. The van der Waals surface area contributed by atoms with Crippen molar-refractivity contribution in [3.63, 3.8) is 0 Å². The van der Waals surface area contributed by atoms with E-state index in [1.54, 1.807) is 25.0 Å². The Morgan fingerprint density at radius 1 is 0.684 bits per heavy atom. The van der Waals surface area contributed by atoms with E-state index in [0.717, 1.165) is 73.4 Å². The highest BCUT2D eigenvalue weighted by Crippen LogP contribution is 2.31. The minimum Gasteiger partial charge on any atom is -0.373 e. The Bertz CT molecular complexity index is 1290. The number of imidazole rings is 2. The van der Waals surface area contributed by atoms with Gasteiger partial charge in [0.1, 0.15) is 0 Å². The smallest absolute Gasteiger partial charge is 0.224 e. The van der Waals surface area contributed by atoms with E-state index < -0.39 is 0 Å². The van der Waals surface area contributed by atoms with Gasteiger partial charge in [-0.3, -0.25) is 0 Å². The number of halogens is 2. The summed E-state index contributed by atoms with van der Waals surface area (Å²) in [6.07, 6.45) is 8.87. The lowest BCUT2D eigenvalue weighted by molar-refractivity contribution is 0.699. The van der Waals surface area contributed by atoms with Crippen LogP contribution in [0.5, 0.6) is 0 Å². The van der Waals surface area contributed by atoms with E-state index in [9.17, 15) is 0 Å². The van der Waals surface area contributed by atoms with Crippen LogP contribution in [0.25, 0.3) is 0 Å². The van der Waals surface area contributed by atoms with Crippen LogP contribution in [-0.2, 0) is 25.9 Å². The van der Waals surface area contributed by atoms with Crippen molar-refractivity contribution in [1.82, 2.24) is 39.9 Å². The molecule has 0 fully saturated rings. The lowest BCUT2D eigenvalue weighted by Gasteiger charge is -2.30. The SMILES string of the molecule is CN(C)c1cnc(Cl)nc1N1CCc2[nH]cnc2C1.CN(C)c1cnc(Cl)nc1N1CCc2[nH]cnc2C1. The van der Waals surface area contributed by atoms with Gasteiger partial charge in [0.25, 0.3) is 0 Å². The molecule has 200 valence electrons.